The van der Waals surface area contributed by atoms with Gasteiger partial charge in [0.25, 0.3) is 0 Å². The van der Waals surface area contributed by atoms with Gasteiger partial charge in [0.05, 0.1) is 0 Å². The summed E-state index contributed by atoms with van der Waals surface area (Å²) in [5, 5.41) is 12.4. The SMILES string of the molecule is CCC(CO)CNc1ccc(C)c(Br)c1. The van der Waals surface area contributed by atoms with Crippen molar-refractivity contribution in [3.05, 3.63) is 28.2 Å². The molecule has 0 saturated heterocycles. The molecule has 0 aliphatic rings. The Labute approximate surface area is 99.8 Å². The number of aryl methyl sites for hydroxylation is 1. The van der Waals surface area contributed by atoms with Crippen LogP contribution in [0, 0.1) is 12.8 Å². The summed E-state index contributed by atoms with van der Waals surface area (Å²) in [6.45, 7) is 5.23. The van der Waals surface area contributed by atoms with E-state index in [1.54, 1.807) is 0 Å². The Morgan fingerprint density at radius 3 is 2.73 bits per heavy atom. The first-order valence-corrected chi connectivity index (χ1v) is 6.07. The zero-order valence-electron chi connectivity index (χ0n) is 9.26. The molecule has 1 aromatic carbocycles. The number of hydrogen-bond acceptors (Lipinski definition) is 2. The molecule has 0 aromatic heterocycles. The lowest BCUT2D eigenvalue weighted by molar-refractivity contribution is 0.230. The van der Waals surface area contributed by atoms with Crippen LogP contribution in [0.3, 0.4) is 0 Å². The standard InChI is InChI=1S/C12H18BrNO/c1-3-10(8-15)7-14-11-5-4-9(2)12(13)6-11/h4-6,10,14-15H,3,7-8H2,1-2H3. The average molecular weight is 272 g/mol. The van der Waals surface area contributed by atoms with Crippen molar-refractivity contribution >= 4 is 21.6 Å². The van der Waals surface area contributed by atoms with Gasteiger partial charge in [-0.1, -0.05) is 28.9 Å². The van der Waals surface area contributed by atoms with E-state index in [4.69, 9.17) is 5.11 Å². The lowest BCUT2D eigenvalue weighted by atomic mass is 10.1. The van der Waals surface area contributed by atoms with Gasteiger partial charge in [-0.15, -0.1) is 0 Å². The maximum Gasteiger partial charge on any atom is 0.0475 e. The van der Waals surface area contributed by atoms with Gasteiger partial charge in [0, 0.05) is 23.3 Å². The van der Waals surface area contributed by atoms with Gasteiger partial charge in [-0.25, -0.2) is 0 Å². The van der Waals surface area contributed by atoms with Gasteiger partial charge in [-0.05, 0) is 37.0 Å². The highest BCUT2D eigenvalue weighted by Crippen LogP contribution is 2.20. The van der Waals surface area contributed by atoms with Gasteiger partial charge < -0.3 is 10.4 Å². The third-order valence-electron chi connectivity index (χ3n) is 2.60. The van der Waals surface area contributed by atoms with Crippen molar-refractivity contribution in [3.8, 4) is 0 Å². The molecule has 2 nitrogen and oxygen atoms in total. The van der Waals surface area contributed by atoms with Crippen LogP contribution in [0.2, 0.25) is 0 Å². The summed E-state index contributed by atoms with van der Waals surface area (Å²) in [6, 6.07) is 6.20. The normalized spacial score (nSPS) is 12.5. The summed E-state index contributed by atoms with van der Waals surface area (Å²) >= 11 is 3.50. The Hall–Kier alpha value is -0.540. The quantitative estimate of drug-likeness (QED) is 0.862. The largest absolute Gasteiger partial charge is 0.396 e. The number of benzene rings is 1. The first kappa shape index (κ1) is 12.5. The molecule has 1 aromatic rings. The van der Waals surface area contributed by atoms with Crippen molar-refractivity contribution in [1.29, 1.82) is 0 Å². The fourth-order valence-corrected chi connectivity index (χ4v) is 1.68. The molecule has 84 valence electrons. The highest BCUT2D eigenvalue weighted by Gasteiger charge is 2.04. The van der Waals surface area contributed by atoms with Gasteiger partial charge in [0.2, 0.25) is 0 Å². The molecule has 0 saturated carbocycles. The van der Waals surface area contributed by atoms with Crippen LogP contribution in [0.4, 0.5) is 5.69 Å². The number of hydrogen-bond donors (Lipinski definition) is 2. The number of rotatable bonds is 5. The minimum Gasteiger partial charge on any atom is -0.396 e. The molecular weight excluding hydrogens is 254 g/mol. The smallest absolute Gasteiger partial charge is 0.0475 e. The molecule has 0 radical (unpaired) electrons. The van der Waals surface area contributed by atoms with E-state index in [0.717, 1.165) is 23.1 Å². The molecule has 1 atom stereocenters. The number of aliphatic hydroxyl groups excluding tert-OH is 1. The first-order chi connectivity index (χ1) is 7.17. The van der Waals surface area contributed by atoms with Crippen LogP contribution in [0.1, 0.15) is 18.9 Å². The van der Waals surface area contributed by atoms with Crippen LogP contribution in [-0.2, 0) is 0 Å². The first-order valence-electron chi connectivity index (χ1n) is 5.28. The third-order valence-corrected chi connectivity index (χ3v) is 3.46. The molecule has 0 aliphatic heterocycles. The monoisotopic (exact) mass is 271 g/mol. The molecule has 0 aliphatic carbocycles. The van der Waals surface area contributed by atoms with Crippen molar-refractivity contribution in [2.45, 2.75) is 20.3 Å². The summed E-state index contributed by atoms with van der Waals surface area (Å²) in [7, 11) is 0. The fraction of sp³-hybridized carbons (Fsp3) is 0.500. The van der Waals surface area contributed by atoms with Crippen molar-refractivity contribution < 1.29 is 5.11 Å². The number of halogens is 1. The van der Waals surface area contributed by atoms with Crippen LogP contribution in [0.5, 0.6) is 0 Å². The Morgan fingerprint density at radius 2 is 2.20 bits per heavy atom. The van der Waals surface area contributed by atoms with E-state index in [-0.39, 0.29) is 6.61 Å². The van der Waals surface area contributed by atoms with E-state index in [0.29, 0.717) is 5.92 Å². The molecule has 1 rings (SSSR count). The Balaban J connectivity index is 2.54. The topological polar surface area (TPSA) is 32.3 Å². The highest BCUT2D eigenvalue weighted by molar-refractivity contribution is 9.10. The predicted molar refractivity (Wildman–Crippen MR) is 68.2 cm³/mol. The van der Waals surface area contributed by atoms with Crippen molar-refractivity contribution in [2.24, 2.45) is 5.92 Å². The molecule has 3 heteroatoms. The molecular formula is C12H18BrNO. The number of aliphatic hydroxyl groups is 1. The minimum atomic E-state index is 0.247. The molecule has 15 heavy (non-hydrogen) atoms. The van der Waals surface area contributed by atoms with Gasteiger partial charge in [0.1, 0.15) is 0 Å². The molecule has 0 bridgehead atoms. The zero-order chi connectivity index (χ0) is 11.3. The predicted octanol–water partition coefficient (Wildman–Crippen LogP) is 3.19. The van der Waals surface area contributed by atoms with Crippen LogP contribution < -0.4 is 5.32 Å². The Bertz CT molecular complexity index is 310. The third kappa shape index (κ3) is 3.84. The van der Waals surface area contributed by atoms with E-state index in [1.165, 1.54) is 5.56 Å². The van der Waals surface area contributed by atoms with Gasteiger partial charge in [-0.3, -0.25) is 0 Å². The van der Waals surface area contributed by atoms with E-state index in [2.05, 4.69) is 53.3 Å². The minimum absolute atomic E-state index is 0.247. The molecule has 1 unspecified atom stereocenters. The lowest BCUT2D eigenvalue weighted by Crippen LogP contribution is -2.16. The zero-order valence-corrected chi connectivity index (χ0v) is 10.8. The van der Waals surface area contributed by atoms with E-state index in [9.17, 15) is 0 Å². The van der Waals surface area contributed by atoms with Gasteiger partial charge >= 0.3 is 0 Å². The van der Waals surface area contributed by atoms with Crippen molar-refractivity contribution in [1.82, 2.24) is 0 Å². The van der Waals surface area contributed by atoms with Crippen LogP contribution in [-0.4, -0.2) is 18.3 Å². The molecule has 2 N–H and O–H groups in total. The Morgan fingerprint density at radius 1 is 1.47 bits per heavy atom. The summed E-state index contributed by atoms with van der Waals surface area (Å²) in [6.07, 6.45) is 0.997. The van der Waals surface area contributed by atoms with Gasteiger partial charge in [0.15, 0.2) is 0 Å². The molecule has 0 amide bonds. The second-order valence-corrected chi connectivity index (χ2v) is 4.66. The Kier molecular flexibility index (Phi) is 5.12. The molecule has 0 spiro atoms. The summed E-state index contributed by atoms with van der Waals surface area (Å²) in [5.74, 6) is 0.338. The lowest BCUT2D eigenvalue weighted by Gasteiger charge is -2.14. The number of nitrogens with one attached hydrogen (secondary N) is 1. The van der Waals surface area contributed by atoms with Crippen LogP contribution >= 0.6 is 15.9 Å². The molecule has 0 heterocycles. The van der Waals surface area contributed by atoms with Crippen LogP contribution in [0.15, 0.2) is 22.7 Å². The summed E-state index contributed by atoms with van der Waals surface area (Å²) in [5.41, 5.74) is 2.33. The second kappa shape index (κ2) is 6.13. The summed E-state index contributed by atoms with van der Waals surface area (Å²) < 4.78 is 1.12. The van der Waals surface area contributed by atoms with E-state index < -0.39 is 0 Å². The second-order valence-electron chi connectivity index (χ2n) is 3.80. The van der Waals surface area contributed by atoms with Crippen molar-refractivity contribution in [2.75, 3.05) is 18.5 Å². The maximum atomic E-state index is 9.05. The van der Waals surface area contributed by atoms with E-state index >= 15 is 0 Å². The summed E-state index contributed by atoms with van der Waals surface area (Å²) in [4.78, 5) is 0. The number of anilines is 1. The average Bonchev–Trinajstić information content (AvgIpc) is 2.24. The van der Waals surface area contributed by atoms with Crippen molar-refractivity contribution in [3.63, 3.8) is 0 Å². The van der Waals surface area contributed by atoms with Crippen LogP contribution in [0.25, 0.3) is 0 Å². The fourth-order valence-electron chi connectivity index (χ4n) is 1.30. The highest BCUT2D eigenvalue weighted by atomic mass is 79.9. The van der Waals surface area contributed by atoms with Gasteiger partial charge in [-0.2, -0.15) is 0 Å². The van der Waals surface area contributed by atoms with E-state index in [1.807, 2.05) is 0 Å². The molecule has 0 fully saturated rings. The maximum absolute atomic E-state index is 9.05.